The smallest absolute Gasteiger partial charge is 0.0537 e. The van der Waals surface area contributed by atoms with Gasteiger partial charge in [-0.15, -0.1) is 0 Å². The van der Waals surface area contributed by atoms with Crippen molar-refractivity contribution in [3.63, 3.8) is 0 Å². The predicted octanol–water partition coefficient (Wildman–Crippen LogP) is 1.85. The van der Waals surface area contributed by atoms with Gasteiger partial charge in [0.2, 0.25) is 0 Å². The van der Waals surface area contributed by atoms with Gasteiger partial charge in [0.1, 0.15) is 0 Å². The molecule has 1 aromatic rings. The quantitative estimate of drug-likeness (QED) is 0.774. The van der Waals surface area contributed by atoms with Crippen LogP contribution in [-0.4, -0.2) is 18.3 Å². The van der Waals surface area contributed by atoms with Crippen molar-refractivity contribution < 1.29 is 5.11 Å². The third kappa shape index (κ3) is 2.80. The molecular formula is C13H21NO. The van der Waals surface area contributed by atoms with E-state index in [-0.39, 0.29) is 12.0 Å². The zero-order valence-corrected chi connectivity index (χ0v) is 9.66. The van der Waals surface area contributed by atoms with Gasteiger partial charge >= 0.3 is 0 Å². The maximum absolute atomic E-state index is 9.33. The molecule has 0 aliphatic carbocycles. The molecule has 0 aliphatic rings. The van der Waals surface area contributed by atoms with Crippen LogP contribution in [0.3, 0.4) is 0 Å². The Bertz CT molecular complexity index is 288. The topological polar surface area (TPSA) is 46.2 Å². The largest absolute Gasteiger partial charge is 0.395 e. The van der Waals surface area contributed by atoms with E-state index >= 15 is 0 Å². The molecule has 2 heteroatoms. The van der Waals surface area contributed by atoms with Crippen LogP contribution in [0.25, 0.3) is 0 Å². The van der Waals surface area contributed by atoms with Crippen LogP contribution in [0.4, 0.5) is 0 Å². The number of aryl methyl sites for hydroxylation is 1. The molecule has 0 aromatic heterocycles. The number of hydrogen-bond donors (Lipinski definition) is 2. The number of nitrogens with two attached hydrogens (primary N) is 1. The van der Waals surface area contributed by atoms with E-state index in [0.717, 1.165) is 18.4 Å². The van der Waals surface area contributed by atoms with Crippen molar-refractivity contribution in [2.45, 2.75) is 32.1 Å². The standard InChI is InChI=1S/C13H21NO/c1-3-4-11-5-7-12(8-6-11)13(2,9-14)10-15/h5-8,15H,3-4,9-10,14H2,1-2H3. The lowest BCUT2D eigenvalue weighted by Gasteiger charge is -2.26. The molecule has 0 radical (unpaired) electrons. The third-order valence-corrected chi connectivity index (χ3v) is 2.99. The molecule has 1 atom stereocenters. The highest BCUT2D eigenvalue weighted by Crippen LogP contribution is 2.22. The highest BCUT2D eigenvalue weighted by atomic mass is 16.3. The van der Waals surface area contributed by atoms with E-state index in [0.29, 0.717) is 6.54 Å². The molecule has 1 unspecified atom stereocenters. The second-order valence-corrected chi connectivity index (χ2v) is 4.37. The monoisotopic (exact) mass is 207 g/mol. The molecule has 1 aromatic carbocycles. The van der Waals surface area contributed by atoms with E-state index in [1.165, 1.54) is 5.56 Å². The molecule has 0 saturated carbocycles. The van der Waals surface area contributed by atoms with Crippen molar-refractivity contribution >= 4 is 0 Å². The molecule has 2 nitrogen and oxygen atoms in total. The normalized spacial score (nSPS) is 14.9. The first-order valence-corrected chi connectivity index (χ1v) is 5.56. The minimum Gasteiger partial charge on any atom is -0.395 e. The van der Waals surface area contributed by atoms with E-state index in [9.17, 15) is 5.11 Å². The van der Waals surface area contributed by atoms with Gasteiger partial charge in [-0.2, -0.15) is 0 Å². The van der Waals surface area contributed by atoms with E-state index in [1.807, 2.05) is 6.92 Å². The van der Waals surface area contributed by atoms with Gasteiger partial charge in [0.05, 0.1) is 6.61 Å². The Balaban J connectivity index is 2.87. The fraction of sp³-hybridized carbons (Fsp3) is 0.538. The van der Waals surface area contributed by atoms with E-state index in [4.69, 9.17) is 5.73 Å². The third-order valence-electron chi connectivity index (χ3n) is 2.99. The Kier molecular flexibility index (Phi) is 4.30. The average molecular weight is 207 g/mol. The van der Waals surface area contributed by atoms with Crippen LogP contribution in [0, 0.1) is 0 Å². The lowest BCUT2D eigenvalue weighted by atomic mass is 9.83. The van der Waals surface area contributed by atoms with E-state index in [1.54, 1.807) is 0 Å². The zero-order valence-electron chi connectivity index (χ0n) is 9.66. The fourth-order valence-corrected chi connectivity index (χ4v) is 1.64. The minimum atomic E-state index is -0.301. The summed E-state index contributed by atoms with van der Waals surface area (Å²) in [5.74, 6) is 0. The van der Waals surface area contributed by atoms with Gasteiger partial charge in [0, 0.05) is 12.0 Å². The van der Waals surface area contributed by atoms with Crippen LogP contribution in [-0.2, 0) is 11.8 Å². The van der Waals surface area contributed by atoms with Crippen LogP contribution in [0.2, 0.25) is 0 Å². The lowest BCUT2D eigenvalue weighted by molar-refractivity contribution is 0.210. The van der Waals surface area contributed by atoms with Gasteiger partial charge in [-0.3, -0.25) is 0 Å². The van der Waals surface area contributed by atoms with Crippen molar-refractivity contribution in [1.82, 2.24) is 0 Å². The summed E-state index contributed by atoms with van der Waals surface area (Å²) < 4.78 is 0. The van der Waals surface area contributed by atoms with Crippen LogP contribution >= 0.6 is 0 Å². The molecule has 1 rings (SSSR count). The molecule has 0 bridgehead atoms. The van der Waals surface area contributed by atoms with Crippen LogP contribution in [0.1, 0.15) is 31.4 Å². The van der Waals surface area contributed by atoms with Crippen molar-refractivity contribution in [3.05, 3.63) is 35.4 Å². The van der Waals surface area contributed by atoms with Gasteiger partial charge < -0.3 is 10.8 Å². The summed E-state index contributed by atoms with van der Waals surface area (Å²) in [5, 5.41) is 9.33. The maximum atomic E-state index is 9.33. The molecule has 15 heavy (non-hydrogen) atoms. The Morgan fingerprint density at radius 3 is 2.27 bits per heavy atom. The molecule has 0 saturated heterocycles. The summed E-state index contributed by atoms with van der Waals surface area (Å²) in [6, 6.07) is 8.41. The fourth-order valence-electron chi connectivity index (χ4n) is 1.64. The van der Waals surface area contributed by atoms with Crippen molar-refractivity contribution in [1.29, 1.82) is 0 Å². The summed E-state index contributed by atoms with van der Waals surface area (Å²) in [6.07, 6.45) is 2.27. The molecule has 84 valence electrons. The lowest BCUT2D eigenvalue weighted by Crippen LogP contribution is -2.35. The second-order valence-electron chi connectivity index (χ2n) is 4.37. The number of benzene rings is 1. The first-order valence-electron chi connectivity index (χ1n) is 5.56. The molecule has 0 amide bonds. The average Bonchev–Trinajstić information content (AvgIpc) is 2.29. The van der Waals surface area contributed by atoms with E-state index < -0.39 is 0 Å². The number of rotatable bonds is 5. The molecular weight excluding hydrogens is 186 g/mol. The molecule has 0 aliphatic heterocycles. The second kappa shape index (κ2) is 5.29. The first-order chi connectivity index (χ1) is 7.16. The Morgan fingerprint density at radius 2 is 1.87 bits per heavy atom. The van der Waals surface area contributed by atoms with Crippen molar-refractivity contribution in [2.24, 2.45) is 5.73 Å². The molecule has 0 spiro atoms. The van der Waals surface area contributed by atoms with Gasteiger partial charge in [0.25, 0.3) is 0 Å². The first kappa shape index (κ1) is 12.2. The zero-order chi connectivity index (χ0) is 11.3. The van der Waals surface area contributed by atoms with E-state index in [2.05, 4.69) is 31.2 Å². The highest BCUT2D eigenvalue weighted by molar-refractivity contribution is 5.29. The molecule has 0 heterocycles. The van der Waals surface area contributed by atoms with Crippen molar-refractivity contribution in [3.8, 4) is 0 Å². The maximum Gasteiger partial charge on any atom is 0.0537 e. The summed E-state index contributed by atoms with van der Waals surface area (Å²) in [5.41, 5.74) is 7.85. The van der Waals surface area contributed by atoms with Gasteiger partial charge in [-0.25, -0.2) is 0 Å². The number of aliphatic hydroxyl groups is 1. The summed E-state index contributed by atoms with van der Waals surface area (Å²) in [7, 11) is 0. The molecule has 3 N–H and O–H groups in total. The van der Waals surface area contributed by atoms with Crippen LogP contribution in [0.15, 0.2) is 24.3 Å². The number of aliphatic hydroxyl groups excluding tert-OH is 1. The molecule has 0 fully saturated rings. The Hall–Kier alpha value is -0.860. The van der Waals surface area contributed by atoms with Gasteiger partial charge in [0.15, 0.2) is 0 Å². The summed E-state index contributed by atoms with van der Waals surface area (Å²) in [4.78, 5) is 0. The summed E-state index contributed by atoms with van der Waals surface area (Å²) in [6.45, 7) is 4.72. The van der Waals surface area contributed by atoms with Gasteiger partial charge in [-0.1, -0.05) is 44.5 Å². The number of hydrogen-bond acceptors (Lipinski definition) is 2. The van der Waals surface area contributed by atoms with Crippen molar-refractivity contribution in [2.75, 3.05) is 13.2 Å². The predicted molar refractivity (Wildman–Crippen MR) is 63.9 cm³/mol. The Morgan fingerprint density at radius 1 is 1.27 bits per heavy atom. The van der Waals surface area contributed by atoms with Gasteiger partial charge in [-0.05, 0) is 17.5 Å². The highest BCUT2D eigenvalue weighted by Gasteiger charge is 2.23. The Labute approximate surface area is 92.1 Å². The van der Waals surface area contributed by atoms with Crippen LogP contribution in [0.5, 0.6) is 0 Å². The van der Waals surface area contributed by atoms with Crippen LogP contribution < -0.4 is 5.73 Å². The SMILES string of the molecule is CCCc1ccc(C(C)(CN)CO)cc1. The minimum absolute atomic E-state index is 0.0939. The summed E-state index contributed by atoms with van der Waals surface area (Å²) >= 11 is 0.